The Morgan fingerprint density at radius 2 is 2.13 bits per heavy atom. The van der Waals surface area contributed by atoms with Gasteiger partial charge in [0.2, 0.25) is 0 Å². The van der Waals surface area contributed by atoms with Crippen LogP contribution in [0.25, 0.3) is 0 Å². The predicted octanol–water partition coefficient (Wildman–Crippen LogP) is 3.38. The minimum absolute atomic E-state index is 0.0188. The molecule has 1 fully saturated rings. The summed E-state index contributed by atoms with van der Waals surface area (Å²) in [6.45, 7) is 9.42. The zero-order chi connectivity index (χ0) is 11.5. The summed E-state index contributed by atoms with van der Waals surface area (Å²) in [6.07, 6.45) is 3.94. The zero-order valence-electron chi connectivity index (χ0n) is 10.4. The van der Waals surface area contributed by atoms with Crippen LogP contribution < -0.4 is 0 Å². The second kappa shape index (κ2) is 4.99. The lowest BCUT2D eigenvalue weighted by Crippen LogP contribution is -2.33. The number of ether oxygens (including phenoxy) is 1. The highest BCUT2D eigenvalue weighted by atomic mass is 16.5. The molecule has 0 heterocycles. The van der Waals surface area contributed by atoms with E-state index in [1.54, 1.807) is 0 Å². The highest BCUT2D eigenvalue weighted by molar-refractivity contribution is 4.84. The van der Waals surface area contributed by atoms with E-state index in [1.165, 1.54) is 6.42 Å². The van der Waals surface area contributed by atoms with Gasteiger partial charge >= 0.3 is 0 Å². The van der Waals surface area contributed by atoms with Crippen LogP contribution in [0.3, 0.4) is 0 Å². The lowest BCUT2D eigenvalue weighted by molar-refractivity contribution is -0.0291. The molecule has 0 bridgehead atoms. The first-order valence-corrected chi connectivity index (χ1v) is 5.94. The molecule has 15 heavy (non-hydrogen) atoms. The highest BCUT2D eigenvalue weighted by Crippen LogP contribution is 2.39. The van der Waals surface area contributed by atoms with Crippen LogP contribution in [0.2, 0.25) is 0 Å². The molecule has 0 radical (unpaired) electrons. The van der Waals surface area contributed by atoms with Crippen molar-refractivity contribution in [2.75, 3.05) is 6.61 Å². The van der Waals surface area contributed by atoms with Crippen LogP contribution in [0.15, 0.2) is 0 Å². The summed E-state index contributed by atoms with van der Waals surface area (Å²) < 4.78 is 5.82. The molecule has 1 rings (SSSR count). The van der Waals surface area contributed by atoms with Gasteiger partial charge < -0.3 is 4.74 Å². The SMILES string of the molecule is CC(C#N)COC1CC(C)CC(C)(C)C1. The third kappa shape index (κ3) is 4.22. The molecule has 1 saturated carbocycles. The second-order valence-electron chi connectivity index (χ2n) is 5.90. The van der Waals surface area contributed by atoms with Crippen molar-refractivity contribution in [3.05, 3.63) is 0 Å². The van der Waals surface area contributed by atoms with Gasteiger partial charge in [-0.15, -0.1) is 0 Å². The zero-order valence-corrected chi connectivity index (χ0v) is 10.4. The molecule has 1 aliphatic rings. The Bertz CT molecular complexity index is 241. The van der Waals surface area contributed by atoms with Gasteiger partial charge in [0.05, 0.1) is 24.7 Å². The Labute approximate surface area is 93.6 Å². The summed E-state index contributed by atoms with van der Waals surface area (Å²) in [7, 11) is 0. The maximum Gasteiger partial charge on any atom is 0.0677 e. The van der Waals surface area contributed by atoms with Crippen molar-refractivity contribution >= 4 is 0 Å². The van der Waals surface area contributed by atoms with Crippen LogP contribution in [0, 0.1) is 28.6 Å². The molecule has 86 valence electrons. The average Bonchev–Trinajstić information content (AvgIpc) is 2.11. The van der Waals surface area contributed by atoms with Crippen molar-refractivity contribution in [2.24, 2.45) is 17.3 Å². The third-order valence-corrected chi connectivity index (χ3v) is 3.15. The minimum atomic E-state index is 0.0188. The van der Waals surface area contributed by atoms with Gasteiger partial charge in [-0.3, -0.25) is 0 Å². The summed E-state index contributed by atoms with van der Waals surface area (Å²) in [6, 6.07) is 2.21. The van der Waals surface area contributed by atoms with Crippen LogP contribution in [-0.4, -0.2) is 12.7 Å². The van der Waals surface area contributed by atoms with E-state index in [0.717, 1.165) is 18.8 Å². The molecule has 0 aliphatic heterocycles. The van der Waals surface area contributed by atoms with Gasteiger partial charge in [0.25, 0.3) is 0 Å². The molecule has 0 amide bonds. The summed E-state index contributed by atoms with van der Waals surface area (Å²) in [5.74, 6) is 0.765. The van der Waals surface area contributed by atoms with E-state index in [-0.39, 0.29) is 5.92 Å². The van der Waals surface area contributed by atoms with Gasteiger partial charge in [0.1, 0.15) is 0 Å². The van der Waals surface area contributed by atoms with Crippen LogP contribution >= 0.6 is 0 Å². The van der Waals surface area contributed by atoms with E-state index < -0.39 is 0 Å². The molecule has 0 saturated heterocycles. The fourth-order valence-corrected chi connectivity index (χ4v) is 2.70. The molecule has 3 atom stereocenters. The second-order valence-corrected chi connectivity index (χ2v) is 5.90. The normalized spacial score (nSPS) is 31.9. The maximum absolute atomic E-state index is 8.69. The van der Waals surface area contributed by atoms with E-state index >= 15 is 0 Å². The molecule has 0 spiro atoms. The van der Waals surface area contributed by atoms with Crippen molar-refractivity contribution in [1.29, 1.82) is 5.26 Å². The van der Waals surface area contributed by atoms with E-state index in [4.69, 9.17) is 10.00 Å². The number of hydrogen-bond acceptors (Lipinski definition) is 2. The van der Waals surface area contributed by atoms with Gasteiger partial charge in [-0.2, -0.15) is 5.26 Å². The van der Waals surface area contributed by atoms with Crippen LogP contribution in [-0.2, 0) is 4.74 Å². The van der Waals surface area contributed by atoms with Crippen LogP contribution in [0.1, 0.15) is 47.0 Å². The predicted molar refractivity (Wildman–Crippen MR) is 61.3 cm³/mol. The number of nitriles is 1. The van der Waals surface area contributed by atoms with Crippen LogP contribution in [0.5, 0.6) is 0 Å². The Balaban J connectivity index is 2.39. The molecule has 3 unspecified atom stereocenters. The molecular weight excluding hydrogens is 186 g/mol. The van der Waals surface area contributed by atoms with Gasteiger partial charge in [-0.25, -0.2) is 0 Å². The monoisotopic (exact) mass is 209 g/mol. The van der Waals surface area contributed by atoms with Crippen molar-refractivity contribution < 1.29 is 4.74 Å². The number of nitrogens with zero attached hydrogens (tertiary/aromatic N) is 1. The maximum atomic E-state index is 8.69. The largest absolute Gasteiger partial charge is 0.377 e. The average molecular weight is 209 g/mol. The molecule has 2 nitrogen and oxygen atoms in total. The van der Waals surface area contributed by atoms with Crippen LogP contribution in [0.4, 0.5) is 0 Å². The number of rotatable bonds is 3. The molecule has 0 aromatic heterocycles. The van der Waals surface area contributed by atoms with Gasteiger partial charge in [-0.1, -0.05) is 20.8 Å². The van der Waals surface area contributed by atoms with Crippen molar-refractivity contribution in [3.8, 4) is 6.07 Å². The number of hydrogen-bond donors (Lipinski definition) is 0. The molecule has 2 heteroatoms. The standard InChI is InChI=1S/C13H23NO/c1-10-5-12(7-13(3,4)6-10)15-9-11(2)8-14/h10-12H,5-7,9H2,1-4H3. The minimum Gasteiger partial charge on any atom is -0.377 e. The summed E-state index contributed by atoms with van der Waals surface area (Å²) >= 11 is 0. The molecule has 0 aromatic rings. The fraction of sp³-hybridized carbons (Fsp3) is 0.923. The summed E-state index contributed by atoms with van der Waals surface area (Å²) in [5, 5.41) is 8.69. The topological polar surface area (TPSA) is 33.0 Å². The Morgan fingerprint density at radius 3 is 2.67 bits per heavy atom. The van der Waals surface area contributed by atoms with Crippen molar-refractivity contribution in [3.63, 3.8) is 0 Å². The smallest absolute Gasteiger partial charge is 0.0677 e. The first-order valence-electron chi connectivity index (χ1n) is 5.94. The lowest BCUT2D eigenvalue weighted by atomic mass is 9.71. The molecular formula is C13H23NO. The summed E-state index contributed by atoms with van der Waals surface area (Å²) in [5.41, 5.74) is 0.401. The first kappa shape index (κ1) is 12.5. The van der Waals surface area contributed by atoms with Gasteiger partial charge in [0.15, 0.2) is 0 Å². The molecule has 1 aliphatic carbocycles. The first-order chi connectivity index (χ1) is 6.93. The Morgan fingerprint density at radius 1 is 1.47 bits per heavy atom. The van der Waals surface area contributed by atoms with Gasteiger partial charge in [0, 0.05) is 0 Å². The van der Waals surface area contributed by atoms with E-state index in [1.807, 2.05) is 6.92 Å². The van der Waals surface area contributed by atoms with E-state index in [9.17, 15) is 0 Å². The Hall–Kier alpha value is -0.550. The fourth-order valence-electron chi connectivity index (χ4n) is 2.70. The van der Waals surface area contributed by atoms with E-state index in [0.29, 0.717) is 18.1 Å². The molecule has 0 aromatic carbocycles. The highest BCUT2D eigenvalue weighted by Gasteiger charge is 2.32. The third-order valence-electron chi connectivity index (χ3n) is 3.15. The van der Waals surface area contributed by atoms with Gasteiger partial charge in [-0.05, 0) is 37.5 Å². The Kier molecular flexibility index (Phi) is 4.16. The van der Waals surface area contributed by atoms with Crippen molar-refractivity contribution in [1.82, 2.24) is 0 Å². The van der Waals surface area contributed by atoms with E-state index in [2.05, 4.69) is 26.8 Å². The summed E-state index contributed by atoms with van der Waals surface area (Å²) in [4.78, 5) is 0. The lowest BCUT2D eigenvalue weighted by Gasteiger charge is -2.38. The molecule has 0 N–H and O–H groups in total. The quantitative estimate of drug-likeness (QED) is 0.714. The van der Waals surface area contributed by atoms with Crippen molar-refractivity contribution in [2.45, 2.75) is 53.1 Å².